The van der Waals surface area contributed by atoms with Crippen LogP contribution >= 0.6 is 0 Å². The Morgan fingerprint density at radius 1 is 1.24 bits per heavy atom. The van der Waals surface area contributed by atoms with Crippen molar-refractivity contribution in [1.82, 2.24) is 9.88 Å². The number of hydrogen-bond donors (Lipinski definition) is 1. The van der Waals surface area contributed by atoms with Gasteiger partial charge in [-0.1, -0.05) is 24.3 Å². The average molecular weight is 229 g/mol. The standard InChI is InChI=1S/C14H19N3/c1-17(10-4-8-15)11-13-6-2-5-12-7-3-9-16-14(12)13/h2-3,5-7,9H,4,8,10-11,15H2,1H3. The predicted octanol–water partition coefficient (Wildman–Crippen LogP) is 2.02. The molecular formula is C14H19N3. The summed E-state index contributed by atoms with van der Waals surface area (Å²) in [5.41, 5.74) is 7.91. The van der Waals surface area contributed by atoms with E-state index in [1.165, 1.54) is 10.9 Å². The van der Waals surface area contributed by atoms with Crippen LogP contribution in [0.3, 0.4) is 0 Å². The van der Waals surface area contributed by atoms with Gasteiger partial charge in [0.15, 0.2) is 0 Å². The lowest BCUT2D eigenvalue weighted by atomic mass is 10.1. The number of hydrogen-bond acceptors (Lipinski definition) is 3. The fourth-order valence-electron chi connectivity index (χ4n) is 2.03. The molecule has 2 N–H and O–H groups in total. The Hall–Kier alpha value is -1.45. The lowest BCUT2D eigenvalue weighted by Crippen LogP contribution is -2.21. The van der Waals surface area contributed by atoms with Crippen LogP contribution in [0.4, 0.5) is 0 Å². The van der Waals surface area contributed by atoms with Crippen molar-refractivity contribution in [3.05, 3.63) is 42.1 Å². The Bertz CT molecular complexity index is 476. The molecule has 1 aromatic heterocycles. The molecule has 0 spiro atoms. The summed E-state index contributed by atoms with van der Waals surface area (Å²) in [6.07, 6.45) is 2.89. The minimum Gasteiger partial charge on any atom is -0.330 e. The molecule has 0 fully saturated rings. The van der Waals surface area contributed by atoms with E-state index in [2.05, 4.69) is 41.2 Å². The lowest BCUT2D eigenvalue weighted by molar-refractivity contribution is 0.325. The minimum atomic E-state index is 0.748. The second-order valence-electron chi connectivity index (χ2n) is 4.37. The van der Waals surface area contributed by atoms with Gasteiger partial charge in [0.2, 0.25) is 0 Å². The largest absolute Gasteiger partial charge is 0.330 e. The number of pyridine rings is 1. The van der Waals surface area contributed by atoms with Crippen LogP contribution in [0, 0.1) is 0 Å². The van der Waals surface area contributed by atoms with Gasteiger partial charge in [-0.2, -0.15) is 0 Å². The van der Waals surface area contributed by atoms with Gasteiger partial charge in [-0.15, -0.1) is 0 Å². The van der Waals surface area contributed by atoms with Crippen molar-refractivity contribution in [2.45, 2.75) is 13.0 Å². The van der Waals surface area contributed by atoms with E-state index in [9.17, 15) is 0 Å². The van der Waals surface area contributed by atoms with Gasteiger partial charge in [-0.3, -0.25) is 4.98 Å². The molecule has 1 heterocycles. The maximum Gasteiger partial charge on any atom is 0.0746 e. The second-order valence-corrected chi connectivity index (χ2v) is 4.37. The van der Waals surface area contributed by atoms with Gasteiger partial charge in [-0.25, -0.2) is 0 Å². The van der Waals surface area contributed by atoms with Crippen molar-refractivity contribution in [1.29, 1.82) is 0 Å². The molecule has 2 rings (SSSR count). The SMILES string of the molecule is CN(CCCN)Cc1cccc2cccnc12. The van der Waals surface area contributed by atoms with Gasteiger partial charge in [-0.05, 0) is 38.2 Å². The van der Waals surface area contributed by atoms with E-state index >= 15 is 0 Å². The highest BCUT2D eigenvalue weighted by atomic mass is 15.1. The van der Waals surface area contributed by atoms with Gasteiger partial charge in [0, 0.05) is 18.1 Å². The van der Waals surface area contributed by atoms with Gasteiger partial charge in [0.05, 0.1) is 5.52 Å². The first-order chi connectivity index (χ1) is 8.31. The molecular weight excluding hydrogens is 210 g/mol. The van der Waals surface area contributed by atoms with Crippen molar-refractivity contribution in [2.24, 2.45) is 5.73 Å². The molecule has 90 valence electrons. The van der Waals surface area contributed by atoms with E-state index in [1.54, 1.807) is 0 Å². The summed E-state index contributed by atoms with van der Waals surface area (Å²) in [5, 5.41) is 1.21. The van der Waals surface area contributed by atoms with E-state index in [-0.39, 0.29) is 0 Å². The zero-order valence-electron chi connectivity index (χ0n) is 10.3. The maximum absolute atomic E-state index is 5.52. The number of nitrogens with two attached hydrogens (primary N) is 1. The summed E-state index contributed by atoms with van der Waals surface area (Å²) in [5.74, 6) is 0. The highest BCUT2D eigenvalue weighted by Gasteiger charge is 2.04. The molecule has 0 aliphatic rings. The molecule has 2 aromatic rings. The van der Waals surface area contributed by atoms with Crippen LogP contribution in [-0.2, 0) is 6.54 Å². The number of fused-ring (bicyclic) bond motifs is 1. The maximum atomic E-state index is 5.52. The van der Waals surface area contributed by atoms with Gasteiger partial charge < -0.3 is 10.6 Å². The zero-order chi connectivity index (χ0) is 12.1. The van der Waals surface area contributed by atoms with Crippen molar-refractivity contribution >= 4 is 10.9 Å². The van der Waals surface area contributed by atoms with Crippen LogP contribution < -0.4 is 5.73 Å². The molecule has 17 heavy (non-hydrogen) atoms. The normalized spacial score (nSPS) is 11.2. The van der Waals surface area contributed by atoms with Crippen LogP contribution in [0.25, 0.3) is 10.9 Å². The first-order valence-corrected chi connectivity index (χ1v) is 6.02. The van der Waals surface area contributed by atoms with E-state index in [0.29, 0.717) is 0 Å². The number of nitrogens with zero attached hydrogens (tertiary/aromatic N) is 2. The lowest BCUT2D eigenvalue weighted by Gasteiger charge is -2.16. The Labute approximate surface area is 102 Å². The average Bonchev–Trinajstić information content (AvgIpc) is 2.37. The molecule has 3 heteroatoms. The van der Waals surface area contributed by atoms with E-state index in [4.69, 9.17) is 5.73 Å². The quantitative estimate of drug-likeness (QED) is 0.853. The predicted molar refractivity (Wildman–Crippen MR) is 71.7 cm³/mol. The summed E-state index contributed by atoms with van der Waals surface area (Å²) < 4.78 is 0. The molecule has 0 saturated heterocycles. The number of para-hydroxylation sites is 1. The number of benzene rings is 1. The van der Waals surface area contributed by atoms with Crippen LogP contribution in [0.1, 0.15) is 12.0 Å². The van der Waals surface area contributed by atoms with Crippen molar-refractivity contribution in [2.75, 3.05) is 20.1 Å². The van der Waals surface area contributed by atoms with E-state index in [1.807, 2.05) is 12.3 Å². The Balaban J connectivity index is 2.18. The van der Waals surface area contributed by atoms with Gasteiger partial charge >= 0.3 is 0 Å². The zero-order valence-corrected chi connectivity index (χ0v) is 10.3. The summed E-state index contributed by atoms with van der Waals surface area (Å²) in [7, 11) is 2.12. The molecule has 0 aliphatic carbocycles. The second kappa shape index (κ2) is 5.75. The highest BCUT2D eigenvalue weighted by Crippen LogP contribution is 2.17. The number of aromatic nitrogens is 1. The molecule has 0 amide bonds. The van der Waals surface area contributed by atoms with Gasteiger partial charge in [0.1, 0.15) is 0 Å². The monoisotopic (exact) mass is 229 g/mol. The molecule has 0 radical (unpaired) electrons. The molecule has 0 aliphatic heterocycles. The first-order valence-electron chi connectivity index (χ1n) is 6.02. The molecule has 3 nitrogen and oxygen atoms in total. The van der Waals surface area contributed by atoms with Crippen molar-refractivity contribution in [3.63, 3.8) is 0 Å². The molecule has 1 aromatic carbocycles. The van der Waals surface area contributed by atoms with Crippen molar-refractivity contribution < 1.29 is 0 Å². The number of rotatable bonds is 5. The fraction of sp³-hybridized carbons (Fsp3) is 0.357. The first kappa shape index (κ1) is 12.0. The third kappa shape index (κ3) is 3.02. The molecule has 0 bridgehead atoms. The van der Waals surface area contributed by atoms with Crippen LogP contribution in [0.15, 0.2) is 36.5 Å². The van der Waals surface area contributed by atoms with Crippen LogP contribution in [0.5, 0.6) is 0 Å². The smallest absolute Gasteiger partial charge is 0.0746 e. The Morgan fingerprint density at radius 3 is 2.88 bits per heavy atom. The summed E-state index contributed by atoms with van der Waals surface area (Å²) in [6.45, 7) is 2.70. The third-order valence-electron chi connectivity index (χ3n) is 2.90. The van der Waals surface area contributed by atoms with Crippen LogP contribution in [-0.4, -0.2) is 30.0 Å². The summed E-state index contributed by atoms with van der Waals surface area (Å²) >= 11 is 0. The van der Waals surface area contributed by atoms with Gasteiger partial charge in [0.25, 0.3) is 0 Å². The molecule has 0 unspecified atom stereocenters. The van der Waals surface area contributed by atoms with Crippen molar-refractivity contribution in [3.8, 4) is 0 Å². The van der Waals surface area contributed by atoms with Crippen LogP contribution in [0.2, 0.25) is 0 Å². The Kier molecular flexibility index (Phi) is 4.07. The molecule has 0 saturated carbocycles. The Morgan fingerprint density at radius 2 is 2.06 bits per heavy atom. The fourth-order valence-corrected chi connectivity index (χ4v) is 2.03. The third-order valence-corrected chi connectivity index (χ3v) is 2.90. The summed E-state index contributed by atoms with van der Waals surface area (Å²) in [6, 6.07) is 10.4. The topological polar surface area (TPSA) is 42.1 Å². The minimum absolute atomic E-state index is 0.748. The van der Waals surface area contributed by atoms with E-state index in [0.717, 1.165) is 31.6 Å². The molecule has 0 atom stereocenters. The summed E-state index contributed by atoms with van der Waals surface area (Å²) in [4.78, 5) is 6.75. The highest BCUT2D eigenvalue weighted by molar-refractivity contribution is 5.81. The van der Waals surface area contributed by atoms with E-state index < -0.39 is 0 Å².